The maximum atomic E-state index is 3.39. The van der Waals surface area contributed by atoms with Gasteiger partial charge in [0.15, 0.2) is 0 Å². The molecule has 1 fully saturated rings. The SMILES string of the molecule is CNCC1CCCCCC1CCc1cccs1. The third-order valence-electron chi connectivity index (χ3n) is 4.12. The number of aryl methyl sites for hydroxylation is 1. The molecule has 0 radical (unpaired) electrons. The fraction of sp³-hybridized carbons (Fsp3) is 0.733. The molecule has 0 aromatic carbocycles. The van der Waals surface area contributed by atoms with E-state index in [1.165, 1.54) is 51.5 Å². The number of hydrogen-bond donors (Lipinski definition) is 1. The quantitative estimate of drug-likeness (QED) is 0.777. The van der Waals surface area contributed by atoms with Crippen LogP contribution in [0.4, 0.5) is 0 Å². The van der Waals surface area contributed by atoms with Crippen molar-refractivity contribution >= 4 is 11.3 Å². The Morgan fingerprint density at radius 3 is 2.76 bits per heavy atom. The Hall–Kier alpha value is -0.340. The van der Waals surface area contributed by atoms with E-state index in [0.717, 1.165) is 11.8 Å². The van der Waals surface area contributed by atoms with Crippen molar-refractivity contribution in [3.63, 3.8) is 0 Å². The molecule has 1 aromatic rings. The molecular formula is C15H25NS. The van der Waals surface area contributed by atoms with Crippen molar-refractivity contribution in [2.24, 2.45) is 11.8 Å². The van der Waals surface area contributed by atoms with Crippen LogP contribution in [0.1, 0.15) is 43.4 Å². The van der Waals surface area contributed by atoms with E-state index in [2.05, 4.69) is 29.9 Å². The molecule has 1 nitrogen and oxygen atoms in total. The molecule has 17 heavy (non-hydrogen) atoms. The molecule has 0 amide bonds. The highest BCUT2D eigenvalue weighted by Crippen LogP contribution is 2.32. The predicted octanol–water partition coefficient (Wildman–Crippen LogP) is 4.10. The summed E-state index contributed by atoms with van der Waals surface area (Å²) in [6, 6.07) is 4.46. The summed E-state index contributed by atoms with van der Waals surface area (Å²) in [6.45, 7) is 1.22. The molecule has 1 aromatic heterocycles. The van der Waals surface area contributed by atoms with Gasteiger partial charge in [0.05, 0.1) is 0 Å². The second-order valence-electron chi connectivity index (χ2n) is 5.33. The summed E-state index contributed by atoms with van der Waals surface area (Å²) in [5, 5.41) is 5.59. The Morgan fingerprint density at radius 1 is 1.24 bits per heavy atom. The first kappa shape index (κ1) is 13.1. The van der Waals surface area contributed by atoms with E-state index in [0.29, 0.717) is 0 Å². The molecule has 2 atom stereocenters. The maximum absolute atomic E-state index is 3.39. The average molecular weight is 251 g/mol. The van der Waals surface area contributed by atoms with Crippen molar-refractivity contribution in [1.82, 2.24) is 5.32 Å². The lowest BCUT2D eigenvalue weighted by molar-refractivity contribution is 0.289. The highest BCUT2D eigenvalue weighted by Gasteiger charge is 2.22. The fourth-order valence-electron chi connectivity index (χ4n) is 3.15. The first-order valence-electron chi connectivity index (χ1n) is 7.07. The van der Waals surface area contributed by atoms with Gasteiger partial charge in [-0.3, -0.25) is 0 Å². The van der Waals surface area contributed by atoms with Gasteiger partial charge >= 0.3 is 0 Å². The zero-order chi connectivity index (χ0) is 11.9. The minimum atomic E-state index is 0.919. The Labute approximate surface area is 110 Å². The van der Waals surface area contributed by atoms with Gasteiger partial charge in [0.1, 0.15) is 0 Å². The molecule has 0 bridgehead atoms. The lowest BCUT2D eigenvalue weighted by Gasteiger charge is -2.24. The van der Waals surface area contributed by atoms with E-state index in [1.54, 1.807) is 4.88 Å². The Balaban J connectivity index is 1.86. The van der Waals surface area contributed by atoms with Crippen molar-refractivity contribution in [3.8, 4) is 0 Å². The Morgan fingerprint density at radius 2 is 2.06 bits per heavy atom. The smallest absolute Gasteiger partial charge is 0.00453 e. The van der Waals surface area contributed by atoms with Crippen LogP contribution in [-0.2, 0) is 6.42 Å². The Kier molecular flexibility index (Phi) is 5.53. The summed E-state index contributed by atoms with van der Waals surface area (Å²) in [6.07, 6.45) is 9.94. The van der Waals surface area contributed by atoms with E-state index in [9.17, 15) is 0 Å². The monoisotopic (exact) mass is 251 g/mol. The normalized spacial score (nSPS) is 25.7. The van der Waals surface area contributed by atoms with Crippen molar-refractivity contribution < 1.29 is 0 Å². The molecular weight excluding hydrogens is 226 g/mol. The molecule has 2 heteroatoms. The zero-order valence-electron chi connectivity index (χ0n) is 11.0. The van der Waals surface area contributed by atoms with Gasteiger partial charge in [-0.25, -0.2) is 0 Å². The van der Waals surface area contributed by atoms with Crippen LogP contribution in [0.3, 0.4) is 0 Å². The molecule has 0 saturated heterocycles. The molecule has 2 rings (SSSR count). The highest BCUT2D eigenvalue weighted by molar-refractivity contribution is 7.09. The van der Waals surface area contributed by atoms with Gasteiger partial charge in [-0.2, -0.15) is 0 Å². The lowest BCUT2D eigenvalue weighted by atomic mass is 9.84. The van der Waals surface area contributed by atoms with Crippen LogP contribution in [0, 0.1) is 11.8 Å². The highest BCUT2D eigenvalue weighted by atomic mass is 32.1. The second kappa shape index (κ2) is 7.17. The molecule has 96 valence electrons. The van der Waals surface area contributed by atoms with Crippen LogP contribution < -0.4 is 5.32 Å². The first-order valence-corrected chi connectivity index (χ1v) is 7.95. The maximum Gasteiger partial charge on any atom is 0.00453 e. The minimum Gasteiger partial charge on any atom is -0.319 e. The van der Waals surface area contributed by atoms with Crippen LogP contribution >= 0.6 is 11.3 Å². The largest absolute Gasteiger partial charge is 0.319 e. The second-order valence-corrected chi connectivity index (χ2v) is 6.37. The summed E-state index contributed by atoms with van der Waals surface area (Å²) in [7, 11) is 2.10. The molecule has 0 spiro atoms. The van der Waals surface area contributed by atoms with E-state index in [-0.39, 0.29) is 0 Å². The minimum absolute atomic E-state index is 0.919. The van der Waals surface area contributed by atoms with Gasteiger partial charge in [-0.05, 0) is 56.1 Å². The van der Waals surface area contributed by atoms with Gasteiger partial charge in [0, 0.05) is 4.88 Å². The summed E-state index contributed by atoms with van der Waals surface area (Å²) in [5.41, 5.74) is 0. The lowest BCUT2D eigenvalue weighted by Crippen LogP contribution is -2.25. The molecule has 2 unspecified atom stereocenters. The molecule has 0 aliphatic heterocycles. The summed E-state index contributed by atoms with van der Waals surface area (Å²) in [4.78, 5) is 1.57. The van der Waals surface area contributed by atoms with Gasteiger partial charge in [-0.1, -0.05) is 31.7 Å². The molecule has 1 saturated carbocycles. The van der Waals surface area contributed by atoms with Crippen LogP contribution in [0.15, 0.2) is 17.5 Å². The summed E-state index contributed by atoms with van der Waals surface area (Å²) < 4.78 is 0. The number of thiophene rings is 1. The number of hydrogen-bond acceptors (Lipinski definition) is 2. The summed E-state index contributed by atoms with van der Waals surface area (Å²) in [5.74, 6) is 1.87. The Bertz CT molecular complexity index is 294. The third kappa shape index (κ3) is 4.11. The topological polar surface area (TPSA) is 12.0 Å². The summed E-state index contributed by atoms with van der Waals surface area (Å²) >= 11 is 1.92. The van der Waals surface area contributed by atoms with Gasteiger partial charge < -0.3 is 5.32 Å². The van der Waals surface area contributed by atoms with Crippen LogP contribution in [-0.4, -0.2) is 13.6 Å². The van der Waals surface area contributed by atoms with Gasteiger partial charge in [0.25, 0.3) is 0 Å². The van der Waals surface area contributed by atoms with Crippen LogP contribution in [0.5, 0.6) is 0 Å². The van der Waals surface area contributed by atoms with E-state index in [1.807, 2.05) is 11.3 Å². The molecule has 1 N–H and O–H groups in total. The van der Waals surface area contributed by atoms with Crippen LogP contribution in [0.25, 0.3) is 0 Å². The predicted molar refractivity (Wildman–Crippen MR) is 76.6 cm³/mol. The van der Waals surface area contributed by atoms with E-state index in [4.69, 9.17) is 0 Å². The van der Waals surface area contributed by atoms with Gasteiger partial charge in [-0.15, -0.1) is 11.3 Å². The molecule has 1 aliphatic carbocycles. The first-order chi connectivity index (χ1) is 8.40. The third-order valence-corrected chi connectivity index (χ3v) is 5.06. The standard InChI is InChI=1S/C15H25NS/c1-16-12-14-7-4-2-3-6-13(14)9-10-15-8-5-11-17-15/h5,8,11,13-14,16H,2-4,6-7,9-10,12H2,1H3. The molecule has 1 heterocycles. The number of nitrogens with one attached hydrogen (secondary N) is 1. The van der Waals surface area contributed by atoms with Crippen molar-refractivity contribution in [3.05, 3.63) is 22.4 Å². The zero-order valence-corrected chi connectivity index (χ0v) is 11.8. The number of rotatable bonds is 5. The van der Waals surface area contributed by atoms with Crippen molar-refractivity contribution in [1.29, 1.82) is 0 Å². The molecule has 1 aliphatic rings. The van der Waals surface area contributed by atoms with Gasteiger partial charge in [0.2, 0.25) is 0 Å². The fourth-order valence-corrected chi connectivity index (χ4v) is 3.88. The van der Waals surface area contributed by atoms with Crippen molar-refractivity contribution in [2.75, 3.05) is 13.6 Å². The van der Waals surface area contributed by atoms with E-state index >= 15 is 0 Å². The van der Waals surface area contributed by atoms with E-state index < -0.39 is 0 Å². The van der Waals surface area contributed by atoms with Crippen LogP contribution in [0.2, 0.25) is 0 Å². The van der Waals surface area contributed by atoms with Crippen molar-refractivity contribution in [2.45, 2.75) is 44.9 Å². The average Bonchev–Trinajstić information content (AvgIpc) is 2.76.